The number of aromatic nitrogens is 1. The molecule has 0 atom stereocenters. The van der Waals surface area contributed by atoms with Crippen LogP contribution in [-0.2, 0) is 5.88 Å². The average Bonchev–Trinajstić information content (AvgIpc) is 2.07. The van der Waals surface area contributed by atoms with E-state index in [4.69, 9.17) is 16.7 Å². The lowest BCUT2D eigenvalue weighted by atomic mass is 10.2. The second-order valence-electron chi connectivity index (χ2n) is 2.28. The Bertz CT molecular complexity index is 322. The van der Waals surface area contributed by atoms with Crippen LogP contribution in [0.25, 0.3) is 0 Å². The first kappa shape index (κ1) is 10.7. The number of nitrogens with zero attached hydrogens (tertiary/aromatic N) is 1. The quantitative estimate of drug-likeness (QED) is 0.662. The molecule has 1 N–H and O–H groups in total. The summed E-state index contributed by atoms with van der Waals surface area (Å²) in [4.78, 5) is 3.48. The van der Waals surface area contributed by atoms with Gasteiger partial charge >= 0.3 is 0 Å². The van der Waals surface area contributed by atoms with E-state index in [0.29, 0.717) is 5.56 Å². The summed E-state index contributed by atoms with van der Waals surface area (Å²) in [6, 6.07) is 1.17. The molecule has 0 radical (unpaired) electrons. The topological polar surface area (TPSA) is 33.1 Å². The Labute approximate surface area is 86.7 Å². The maximum atomic E-state index is 12.2. The normalized spacial score (nSPS) is 10.8. The minimum atomic E-state index is -2.79. The fourth-order valence-corrected chi connectivity index (χ4v) is 1.60. The largest absolute Gasteiger partial charge is 0.506 e. The van der Waals surface area contributed by atoms with Crippen LogP contribution in [0.4, 0.5) is 8.78 Å². The van der Waals surface area contributed by atoms with Gasteiger partial charge in [0.05, 0.1) is 5.88 Å². The van der Waals surface area contributed by atoms with Gasteiger partial charge in [-0.15, -0.1) is 11.6 Å². The monoisotopic (exact) mass is 271 g/mol. The zero-order valence-electron chi connectivity index (χ0n) is 6.27. The van der Waals surface area contributed by atoms with Gasteiger partial charge in [0.2, 0.25) is 0 Å². The lowest BCUT2D eigenvalue weighted by Crippen LogP contribution is -1.94. The molecule has 6 heteroatoms. The van der Waals surface area contributed by atoms with Crippen LogP contribution in [0.3, 0.4) is 0 Å². The Kier molecular flexibility index (Phi) is 3.44. The van der Waals surface area contributed by atoms with Crippen LogP contribution >= 0.6 is 27.5 Å². The van der Waals surface area contributed by atoms with Crippen LogP contribution in [0.2, 0.25) is 0 Å². The molecular weight excluding hydrogens is 267 g/mol. The second-order valence-corrected chi connectivity index (χ2v) is 3.30. The van der Waals surface area contributed by atoms with Crippen LogP contribution in [0, 0.1) is 0 Å². The molecule has 0 saturated carbocycles. The Morgan fingerprint density at radius 1 is 1.62 bits per heavy atom. The molecule has 1 rings (SSSR count). The van der Waals surface area contributed by atoms with Crippen molar-refractivity contribution in [1.29, 1.82) is 0 Å². The van der Waals surface area contributed by atoms with Gasteiger partial charge in [-0.2, -0.15) is 0 Å². The predicted octanol–water partition coefficient (Wildman–Crippen LogP) is 3.23. The molecule has 0 saturated heterocycles. The molecule has 0 aromatic carbocycles. The van der Waals surface area contributed by atoms with Crippen molar-refractivity contribution < 1.29 is 13.9 Å². The SMILES string of the molecule is Oc1cc(CCl)c(Br)nc1C(F)F. The van der Waals surface area contributed by atoms with Crippen molar-refractivity contribution in [3.05, 3.63) is 21.9 Å². The molecule has 1 heterocycles. The van der Waals surface area contributed by atoms with Crippen molar-refractivity contribution in [1.82, 2.24) is 4.98 Å². The smallest absolute Gasteiger partial charge is 0.284 e. The van der Waals surface area contributed by atoms with E-state index in [2.05, 4.69) is 20.9 Å². The van der Waals surface area contributed by atoms with Crippen LogP contribution in [0.1, 0.15) is 17.7 Å². The van der Waals surface area contributed by atoms with Crippen LogP contribution in [-0.4, -0.2) is 10.1 Å². The lowest BCUT2D eigenvalue weighted by Gasteiger charge is -2.05. The molecule has 0 unspecified atom stereocenters. The Balaban J connectivity index is 3.20. The van der Waals surface area contributed by atoms with Gasteiger partial charge in [-0.1, -0.05) is 0 Å². The number of aromatic hydroxyl groups is 1. The molecule has 0 amide bonds. The van der Waals surface area contributed by atoms with E-state index in [0.717, 1.165) is 0 Å². The average molecular weight is 272 g/mol. The molecule has 0 spiro atoms. The van der Waals surface area contributed by atoms with Gasteiger partial charge < -0.3 is 5.11 Å². The van der Waals surface area contributed by atoms with Crippen LogP contribution < -0.4 is 0 Å². The summed E-state index contributed by atoms with van der Waals surface area (Å²) in [7, 11) is 0. The highest BCUT2D eigenvalue weighted by molar-refractivity contribution is 9.10. The van der Waals surface area contributed by atoms with Gasteiger partial charge in [-0.05, 0) is 22.0 Å². The van der Waals surface area contributed by atoms with Crippen molar-refractivity contribution in [3.63, 3.8) is 0 Å². The maximum Gasteiger partial charge on any atom is 0.284 e. The van der Waals surface area contributed by atoms with Gasteiger partial charge in [-0.25, -0.2) is 13.8 Å². The van der Waals surface area contributed by atoms with E-state index < -0.39 is 17.9 Å². The van der Waals surface area contributed by atoms with Gasteiger partial charge in [0.1, 0.15) is 16.0 Å². The van der Waals surface area contributed by atoms with E-state index in [1.807, 2.05) is 0 Å². The highest BCUT2D eigenvalue weighted by Crippen LogP contribution is 2.30. The van der Waals surface area contributed by atoms with Crippen LogP contribution in [0.5, 0.6) is 5.75 Å². The number of rotatable bonds is 2. The lowest BCUT2D eigenvalue weighted by molar-refractivity contribution is 0.141. The summed E-state index contributed by atoms with van der Waals surface area (Å²) >= 11 is 8.44. The standard InChI is InChI=1S/C7H5BrClF2NO/c8-6-3(2-9)1-4(13)5(12-6)7(10)11/h1,7,13H,2H2. The Hall–Kier alpha value is -0.420. The number of hydrogen-bond donors (Lipinski definition) is 1. The van der Waals surface area contributed by atoms with E-state index in [1.165, 1.54) is 6.07 Å². The third kappa shape index (κ3) is 2.28. The van der Waals surface area contributed by atoms with Crippen molar-refractivity contribution in [2.24, 2.45) is 0 Å². The first-order chi connectivity index (χ1) is 6.06. The zero-order chi connectivity index (χ0) is 10.0. The van der Waals surface area contributed by atoms with Crippen molar-refractivity contribution in [2.75, 3.05) is 0 Å². The van der Waals surface area contributed by atoms with Gasteiger partial charge in [0.25, 0.3) is 6.43 Å². The van der Waals surface area contributed by atoms with Gasteiger partial charge in [0.15, 0.2) is 0 Å². The Morgan fingerprint density at radius 3 is 2.69 bits per heavy atom. The number of pyridine rings is 1. The van der Waals surface area contributed by atoms with E-state index in [1.54, 1.807) is 0 Å². The Morgan fingerprint density at radius 2 is 2.23 bits per heavy atom. The number of hydrogen-bond acceptors (Lipinski definition) is 2. The van der Waals surface area contributed by atoms with Crippen LogP contribution in [0.15, 0.2) is 10.7 Å². The summed E-state index contributed by atoms with van der Waals surface area (Å²) in [5, 5.41) is 9.10. The highest BCUT2D eigenvalue weighted by atomic mass is 79.9. The molecule has 1 aromatic rings. The molecule has 13 heavy (non-hydrogen) atoms. The molecule has 1 aromatic heterocycles. The van der Waals surface area contributed by atoms with Crippen molar-refractivity contribution >= 4 is 27.5 Å². The third-order valence-electron chi connectivity index (χ3n) is 1.41. The molecular formula is C7H5BrClF2NO. The maximum absolute atomic E-state index is 12.2. The fourth-order valence-electron chi connectivity index (χ4n) is 0.788. The second kappa shape index (κ2) is 4.19. The summed E-state index contributed by atoms with van der Waals surface area (Å²) in [6.07, 6.45) is -2.79. The zero-order valence-corrected chi connectivity index (χ0v) is 8.61. The molecule has 0 aliphatic heterocycles. The predicted molar refractivity (Wildman–Crippen MR) is 48.1 cm³/mol. The highest BCUT2D eigenvalue weighted by Gasteiger charge is 2.16. The summed E-state index contributed by atoms with van der Waals surface area (Å²) in [6.45, 7) is 0. The summed E-state index contributed by atoms with van der Waals surface area (Å²) in [5.74, 6) is -0.432. The molecule has 0 aliphatic carbocycles. The number of halogens is 4. The minimum absolute atomic E-state index is 0.102. The summed E-state index contributed by atoms with van der Waals surface area (Å²) in [5.41, 5.74) is -0.163. The number of alkyl halides is 3. The van der Waals surface area contributed by atoms with Crippen molar-refractivity contribution in [3.8, 4) is 5.75 Å². The van der Waals surface area contributed by atoms with E-state index in [9.17, 15) is 8.78 Å². The molecule has 2 nitrogen and oxygen atoms in total. The molecule has 72 valence electrons. The third-order valence-corrected chi connectivity index (χ3v) is 2.38. The first-order valence-electron chi connectivity index (χ1n) is 3.28. The van der Waals surface area contributed by atoms with E-state index in [-0.39, 0.29) is 10.5 Å². The summed E-state index contributed by atoms with van der Waals surface area (Å²) < 4.78 is 24.6. The molecule has 0 bridgehead atoms. The molecule has 0 fully saturated rings. The van der Waals surface area contributed by atoms with E-state index >= 15 is 0 Å². The van der Waals surface area contributed by atoms with Gasteiger partial charge in [-0.3, -0.25) is 0 Å². The molecule has 0 aliphatic rings. The first-order valence-corrected chi connectivity index (χ1v) is 4.61. The fraction of sp³-hybridized carbons (Fsp3) is 0.286. The minimum Gasteiger partial charge on any atom is -0.506 e. The van der Waals surface area contributed by atoms with Gasteiger partial charge in [0, 0.05) is 5.56 Å². The van der Waals surface area contributed by atoms with Crippen molar-refractivity contribution in [2.45, 2.75) is 12.3 Å².